The lowest BCUT2D eigenvalue weighted by Crippen LogP contribution is -2.31. The predicted octanol–water partition coefficient (Wildman–Crippen LogP) is 2.63. The van der Waals surface area contributed by atoms with E-state index in [2.05, 4.69) is 0 Å². The van der Waals surface area contributed by atoms with E-state index in [0.717, 1.165) is 24.8 Å². The summed E-state index contributed by atoms with van der Waals surface area (Å²) in [6.07, 6.45) is 2.33. The zero-order chi connectivity index (χ0) is 11.3. The number of aliphatic hydroxyl groups is 1. The molecule has 0 saturated carbocycles. The van der Waals surface area contributed by atoms with Crippen LogP contribution < -0.4 is 5.73 Å². The molecule has 1 rings (SSSR count). The van der Waals surface area contributed by atoms with Crippen molar-refractivity contribution >= 4 is 0 Å². The Hall–Kier alpha value is -0.860. The summed E-state index contributed by atoms with van der Waals surface area (Å²) in [6, 6.07) is 9.77. The number of hydrogen-bond acceptors (Lipinski definition) is 2. The molecular formula is C13H21NO. The van der Waals surface area contributed by atoms with Crippen LogP contribution in [0.15, 0.2) is 30.3 Å². The molecule has 3 N–H and O–H groups in total. The molecule has 1 unspecified atom stereocenters. The lowest BCUT2D eigenvalue weighted by atomic mass is 9.96. The Morgan fingerprint density at radius 3 is 2.40 bits per heavy atom. The number of benzene rings is 1. The van der Waals surface area contributed by atoms with Gasteiger partial charge in [0.15, 0.2) is 0 Å². The van der Waals surface area contributed by atoms with Crippen molar-refractivity contribution in [2.24, 2.45) is 5.73 Å². The molecule has 1 aromatic carbocycles. The Bertz CT molecular complexity index is 276. The van der Waals surface area contributed by atoms with Crippen molar-refractivity contribution < 1.29 is 5.11 Å². The summed E-state index contributed by atoms with van der Waals surface area (Å²) in [5.74, 6) is 0. The van der Waals surface area contributed by atoms with Gasteiger partial charge >= 0.3 is 0 Å². The summed E-state index contributed by atoms with van der Waals surface area (Å²) in [6.45, 7) is 4.03. The molecule has 0 heterocycles. The first-order chi connectivity index (χ1) is 6.99. The first-order valence-electron chi connectivity index (χ1n) is 5.51. The Kier molecular flexibility index (Phi) is 4.30. The Balaban J connectivity index is 2.34. The summed E-state index contributed by atoms with van der Waals surface area (Å²) < 4.78 is 0. The Morgan fingerprint density at radius 2 is 1.87 bits per heavy atom. The summed E-state index contributed by atoms with van der Waals surface area (Å²) in [4.78, 5) is 0. The highest BCUT2D eigenvalue weighted by Gasteiger charge is 2.12. The molecule has 2 heteroatoms. The van der Waals surface area contributed by atoms with Gasteiger partial charge < -0.3 is 10.8 Å². The largest absolute Gasteiger partial charge is 0.388 e. The van der Waals surface area contributed by atoms with Gasteiger partial charge in [0, 0.05) is 5.54 Å². The topological polar surface area (TPSA) is 46.2 Å². The van der Waals surface area contributed by atoms with E-state index in [0.29, 0.717) is 0 Å². The summed E-state index contributed by atoms with van der Waals surface area (Å²) >= 11 is 0. The fourth-order valence-electron chi connectivity index (χ4n) is 1.59. The second-order valence-electron chi connectivity index (χ2n) is 4.81. The maximum absolute atomic E-state index is 9.88. The van der Waals surface area contributed by atoms with Gasteiger partial charge in [0.2, 0.25) is 0 Å². The molecule has 0 aliphatic carbocycles. The average molecular weight is 207 g/mol. The van der Waals surface area contributed by atoms with Crippen molar-refractivity contribution in [1.29, 1.82) is 0 Å². The van der Waals surface area contributed by atoms with E-state index >= 15 is 0 Å². The molecule has 1 aromatic rings. The molecule has 0 bridgehead atoms. The average Bonchev–Trinajstić information content (AvgIpc) is 2.17. The minimum atomic E-state index is -0.353. The molecule has 1 atom stereocenters. The fraction of sp³-hybridized carbons (Fsp3) is 0.538. The van der Waals surface area contributed by atoms with Crippen LogP contribution in [0, 0.1) is 0 Å². The third-order valence-corrected chi connectivity index (χ3v) is 2.48. The molecule has 0 aromatic heterocycles. The van der Waals surface area contributed by atoms with Crippen LogP contribution in [-0.2, 0) is 0 Å². The van der Waals surface area contributed by atoms with Crippen molar-refractivity contribution in [3.05, 3.63) is 35.9 Å². The minimum Gasteiger partial charge on any atom is -0.388 e. The number of rotatable bonds is 5. The monoisotopic (exact) mass is 207 g/mol. The molecular weight excluding hydrogens is 186 g/mol. The van der Waals surface area contributed by atoms with Gasteiger partial charge in [-0.3, -0.25) is 0 Å². The zero-order valence-corrected chi connectivity index (χ0v) is 9.61. The normalized spacial score (nSPS) is 13.9. The van der Waals surface area contributed by atoms with E-state index in [1.807, 2.05) is 44.2 Å². The number of aliphatic hydroxyl groups excluding tert-OH is 1. The van der Waals surface area contributed by atoms with E-state index in [-0.39, 0.29) is 11.6 Å². The molecule has 0 spiro atoms. The highest BCUT2D eigenvalue weighted by molar-refractivity contribution is 5.17. The standard InChI is InChI=1S/C13H21NO/c1-13(2,14)10-6-9-12(15)11-7-4-3-5-8-11/h3-5,7-8,12,15H,6,9-10,14H2,1-2H3. The fourth-order valence-corrected chi connectivity index (χ4v) is 1.59. The van der Waals surface area contributed by atoms with Gasteiger partial charge in [-0.1, -0.05) is 30.3 Å². The summed E-state index contributed by atoms with van der Waals surface area (Å²) in [5.41, 5.74) is 6.74. The molecule has 0 amide bonds. The van der Waals surface area contributed by atoms with Crippen LogP contribution in [0.25, 0.3) is 0 Å². The van der Waals surface area contributed by atoms with Crippen LogP contribution in [-0.4, -0.2) is 10.6 Å². The van der Waals surface area contributed by atoms with Crippen LogP contribution in [0.2, 0.25) is 0 Å². The van der Waals surface area contributed by atoms with Crippen molar-refractivity contribution in [2.45, 2.75) is 44.8 Å². The lowest BCUT2D eigenvalue weighted by molar-refractivity contribution is 0.161. The van der Waals surface area contributed by atoms with Gasteiger partial charge in [-0.25, -0.2) is 0 Å². The molecule has 84 valence electrons. The first kappa shape index (κ1) is 12.2. The van der Waals surface area contributed by atoms with E-state index in [9.17, 15) is 5.11 Å². The Morgan fingerprint density at radius 1 is 1.27 bits per heavy atom. The lowest BCUT2D eigenvalue weighted by Gasteiger charge is -2.19. The summed E-state index contributed by atoms with van der Waals surface area (Å²) in [7, 11) is 0. The highest BCUT2D eigenvalue weighted by atomic mass is 16.3. The third kappa shape index (κ3) is 4.96. The second-order valence-corrected chi connectivity index (χ2v) is 4.81. The van der Waals surface area contributed by atoms with Crippen molar-refractivity contribution in [2.75, 3.05) is 0 Å². The molecule has 2 nitrogen and oxygen atoms in total. The maximum atomic E-state index is 9.88. The van der Waals surface area contributed by atoms with E-state index in [1.165, 1.54) is 0 Å². The third-order valence-electron chi connectivity index (χ3n) is 2.48. The maximum Gasteiger partial charge on any atom is 0.0790 e. The zero-order valence-electron chi connectivity index (χ0n) is 9.61. The van der Waals surface area contributed by atoms with Crippen molar-refractivity contribution in [3.8, 4) is 0 Å². The number of nitrogens with two attached hydrogens (primary N) is 1. The first-order valence-corrected chi connectivity index (χ1v) is 5.51. The van der Waals surface area contributed by atoms with Crippen molar-refractivity contribution in [1.82, 2.24) is 0 Å². The van der Waals surface area contributed by atoms with Crippen molar-refractivity contribution in [3.63, 3.8) is 0 Å². The molecule has 0 saturated heterocycles. The molecule has 15 heavy (non-hydrogen) atoms. The molecule has 0 radical (unpaired) electrons. The minimum absolute atomic E-state index is 0.129. The quantitative estimate of drug-likeness (QED) is 0.779. The van der Waals surface area contributed by atoms with Crippen LogP contribution in [0.1, 0.15) is 44.8 Å². The van der Waals surface area contributed by atoms with Gasteiger partial charge in [0.25, 0.3) is 0 Å². The van der Waals surface area contributed by atoms with E-state index in [1.54, 1.807) is 0 Å². The SMILES string of the molecule is CC(C)(N)CCCC(O)c1ccccc1. The van der Waals surface area contributed by atoms with Gasteiger partial charge in [-0.05, 0) is 38.7 Å². The Labute approximate surface area is 92.1 Å². The van der Waals surface area contributed by atoms with Crippen LogP contribution in [0.5, 0.6) is 0 Å². The van der Waals surface area contributed by atoms with E-state index < -0.39 is 0 Å². The second kappa shape index (κ2) is 5.29. The van der Waals surface area contributed by atoms with E-state index in [4.69, 9.17) is 5.73 Å². The molecule has 0 aliphatic heterocycles. The summed E-state index contributed by atoms with van der Waals surface area (Å²) in [5, 5.41) is 9.88. The molecule has 0 fully saturated rings. The van der Waals surface area contributed by atoms with Crippen LogP contribution in [0.4, 0.5) is 0 Å². The van der Waals surface area contributed by atoms with Gasteiger partial charge in [0.1, 0.15) is 0 Å². The van der Waals surface area contributed by atoms with Gasteiger partial charge in [-0.15, -0.1) is 0 Å². The highest BCUT2D eigenvalue weighted by Crippen LogP contribution is 2.20. The number of hydrogen-bond donors (Lipinski definition) is 2. The van der Waals surface area contributed by atoms with Crippen LogP contribution in [0.3, 0.4) is 0 Å². The predicted molar refractivity (Wildman–Crippen MR) is 63.5 cm³/mol. The van der Waals surface area contributed by atoms with Gasteiger partial charge in [0.05, 0.1) is 6.10 Å². The van der Waals surface area contributed by atoms with Gasteiger partial charge in [-0.2, -0.15) is 0 Å². The van der Waals surface area contributed by atoms with Crippen LogP contribution >= 0.6 is 0 Å². The smallest absolute Gasteiger partial charge is 0.0790 e. The molecule has 0 aliphatic rings.